The molecule has 100 valence electrons. The molecule has 8 nitrogen and oxygen atoms in total. The van der Waals surface area contributed by atoms with E-state index in [0.29, 0.717) is 6.54 Å². The molecule has 0 aliphatic rings. The quantitative estimate of drug-likeness (QED) is 0.598. The molecule has 1 aromatic rings. The zero-order valence-corrected chi connectivity index (χ0v) is 10.5. The topological polar surface area (TPSA) is 121 Å². The Morgan fingerprint density at radius 3 is 2.84 bits per heavy atom. The van der Waals surface area contributed by atoms with Gasteiger partial charge in [-0.15, -0.1) is 0 Å². The number of hydrogen-bond donors (Lipinski definition) is 2. The van der Waals surface area contributed by atoms with Crippen molar-refractivity contribution in [3.63, 3.8) is 0 Å². The molecule has 8 heteroatoms. The molecular formula is C11H13N5O3. The Kier molecular flexibility index (Phi) is 4.76. The van der Waals surface area contributed by atoms with Crippen molar-refractivity contribution in [2.75, 3.05) is 11.9 Å². The van der Waals surface area contributed by atoms with Crippen molar-refractivity contribution in [3.05, 3.63) is 27.9 Å². The zero-order chi connectivity index (χ0) is 14.4. The molecule has 1 amide bonds. The van der Waals surface area contributed by atoms with Crippen LogP contribution >= 0.6 is 0 Å². The third kappa shape index (κ3) is 3.64. The van der Waals surface area contributed by atoms with E-state index in [0.717, 1.165) is 0 Å². The number of nitriles is 1. The monoisotopic (exact) mass is 263 g/mol. The third-order valence-corrected chi connectivity index (χ3v) is 2.29. The number of anilines is 1. The molecule has 0 aromatic carbocycles. The summed E-state index contributed by atoms with van der Waals surface area (Å²) in [4.78, 5) is 25.3. The Hall–Kier alpha value is -2.69. The summed E-state index contributed by atoms with van der Waals surface area (Å²) < 4.78 is 0. The summed E-state index contributed by atoms with van der Waals surface area (Å²) in [6, 6.07) is 3.63. The molecule has 0 aliphatic heterocycles. The van der Waals surface area contributed by atoms with Crippen LogP contribution in [0.25, 0.3) is 0 Å². The van der Waals surface area contributed by atoms with E-state index < -0.39 is 11.0 Å². The van der Waals surface area contributed by atoms with Gasteiger partial charge in [-0.2, -0.15) is 5.26 Å². The maximum atomic E-state index is 11.5. The number of pyridine rings is 1. The first kappa shape index (κ1) is 14.4. The largest absolute Gasteiger partial charge is 0.359 e. The lowest BCUT2D eigenvalue weighted by atomic mass is 10.2. The molecule has 0 aliphatic carbocycles. The Morgan fingerprint density at radius 1 is 1.63 bits per heavy atom. The van der Waals surface area contributed by atoms with Crippen molar-refractivity contribution in [2.24, 2.45) is 0 Å². The second kappa shape index (κ2) is 6.30. The van der Waals surface area contributed by atoms with Crippen LogP contribution in [0.2, 0.25) is 0 Å². The number of aromatic nitrogens is 1. The van der Waals surface area contributed by atoms with E-state index in [2.05, 4.69) is 15.6 Å². The summed E-state index contributed by atoms with van der Waals surface area (Å²) in [7, 11) is 0. The number of nitro groups is 1. The molecule has 19 heavy (non-hydrogen) atoms. The minimum Gasteiger partial charge on any atom is -0.359 e. The van der Waals surface area contributed by atoms with Crippen LogP contribution in [0.3, 0.4) is 0 Å². The average Bonchev–Trinajstić information content (AvgIpc) is 2.38. The lowest BCUT2D eigenvalue weighted by molar-refractivity contribution is -0.385. The molecule has 1 atom stereocenters. The Balaban J connectivity index is 2.89. The van der Waals surface area contributed by atoms with E-state index in [1.165, 1.54) is 12.1 Å². The first-order valence-corrected chi connectivity index (χ1v) is 5.59. The second-order valence-electron chi connectivity index (χ2n) is 3.69. The van der Waals surface area contributed by atoms with Gasteiger partial charge in [-0.3, -0.25) is 14.9 Å². The molecule has 1 aromatic heterocycles. The minimum atomic E-state index is -0.678. The van der Waals surface area contributed by atoms with Crippen molar-refractivity contribution in [1.82, 2.24) is 10.3 Å². The van der Waals surface area contributed by atoms with E-state index in [1.807, 2.05) is 0 Å². The molecular weight excluding hydrogens is 250 g/mol. The number of likely N-dealkylation sites (N-methyl/N-ethyl adjacent to an activating group) is 1. The summed E-state index contributed by atoms with van der Waals surface area (Å²) in [5.41, 5.74) is -0.656. The highest BCUT2D eigenvalue weighted by atomic mass is 16.6. The van der Waals surface area contributed by atoms with Gasteiger partial charge in [0, 0.05) is 12.6 Å². The normalized spacial score (nSPS) is 11.2. The fourth-order valence-electron chi connectivity index (χ4n) is 1.38. The number of carbonyl (C=O) groups is 1. The highest BCUT2D eigenvalue weighted by Gasteiger charge is 2.17. The number of rotatable bonds is 5. The third-order valence-electron chi connectivity index (χ3n) is 2.29. The molecule has 0 saturated carbocycles. The fraction of sp³-hybridized carbons (Fsp3) is 0.364. The molecule has 1 unspecified atom stereocenters. The Bertz CT molecular complexity index is 538. The molecule has 2 N–H and O–H groups in total. The molecule has 0 fully saturated rings. The predicted octanol–water partition coefficient (Wildman–Crippen LogP) is 0.798. The van der Waals surface area contributed by atoms with Crippen LogP contribution in [0.5, 0.6) is 0 Å². The maximum absolute atomic E-state index is 11.5. The van der Waals surface area contributed by atoms with E-state index in [9.17, 15) is 14.9 Å². The Morgan fingerprint density at radius 2 is 2.32 bits per heavy atom. The molecule has 0 saturated heterocycles. The van der Waals surface area contributed by atoms with Gasteiger partial charge in [0.15, 0.2) is 0 Å². The molecule has 0 bridgehead atoms. The van der Waals surface area contributed by atoms with E-state index >= 15 is 0 Å². The Labute approximate surface area is 109 Å². The molecule has 0 spiro atoms. The van der Waals surface area contributed by atoms with Gasteiger partial charge in [-0.05, 0) is 19.9 Å². The van der Waals surface area contributed by atoms with Crippen LogP contribution in [0.1, 0.15) is 19.5 Å². The maximum Gasteiger partial charge on any atom is 0.305 e. The highest BCUT2D eigenvalue weighted by Crippen LogP contribution is 2.18. The lowest BCUT2D eigenvalue weighted by Gasteiger charge is -2.13. The van der Waals surface area contributed by atoms with Gasteiger partial charge in [0.1, 0.15) is 17.9 Å². The second-order valence-corrected chi connectivity index (χ2v) is 3.69. The van der Waals surface area contributed by atoms with Crippen LogP contribution in [0.15, 0.2) is 12.1 Å². The van der Waals surface area contributed by atoms with E-state index in [-0.39, 0.29) is 23.1 Å². The summed E-state index contributed by atoms with van der Waals surface area (Å²) >= 11 is 0. The van der Waals surface area contributed by atoms with Gasteiger partial charge in [-0.25, -0.2) is 4.98 Å². The number of nitrogens with one attached hydrogen (secondary N) is 2. The van der Waals surface area contributed by atoms with Gasteiger partial charge < -0.3 is 10.6 Å². The van der Waals surface area contributed by atoms with Crippen LogP contribution in [0.4, 0.5) is 11.5 Å². The molecule has 0 radical (unpaired) electrons. The summed E-state index contributed by atoms with van der Waals surface area (Å²) in [6.07, 6.45) is 0. The van der Waals surface area contributed by atoms with Crippen LogP contribution in [0, 0.1) is 21.4 Å². The van der Waals surface area contributed by atoms with Crippen LogP contribution in [-0.2, 0) is 4.79 Å². The SMILES string of the molecule is CCNC(=O)C(C)Nc1ccc([N+](=O)[O-])c(C#N)n1. The van der Waals surface area contributed by atoms with Crippen molar-refractivity contribution >= 4 is 17.4 Å². The van der Waals surface area contributed by atoms with Crippen molar-refractivity contribution < 1.29 is 9.72 Å². The first-order chi connectivity index (χ1) is 8.99. The summed E-state index contributed by atoms with van der Waals surface area (Å²) in [5.74, 6) is 0.0158. The number of nitrogens with zero attached hydrogens (tertiary/aromatic N) is 3. The number of carbonyl (C=O) groups excluding carboxylic acids is 1. The fourth-order valence-corrected chi connectivity index (χ4v) is 1.38. The zero-order valence-electron chi connectivity index (χ0n) is 10.5. The highest BCUT2D eigenvalue weighted by molar-refractivity contribution is 5.83. The van der Waals surface area contributed by atoms with Gasteiger partial charge >= 0.3 is 5.69 Å². The van der Waals surface area contributed by atoms with Gasteiger partial charge in [0.25, 0.3) is 0 Å². The predicted molar refractivity (Wildman–Crippen MR) is 67.4 cm³/mol. The number of amides is 1. The van der Waals surface area contributed by atoms with Crippen LogP contribution in [-0.4, -0.2) is 28.4 Å². The molecule has 1 rings (SSSR count). The van der Waals surface area contributed by atoms with Crippen molar-refractivity contribution in [1.29, 1.82) is 5.26 Å². The van der Waals surface area contributed by atoms with Crippen molar-refractivity contribution in [2.45, 2.75) is 19.9 Å². The summed E-state index contributed by atoms with van der Waals surface area (Å²) in [5, 5.41) is 24.8. The average molecular weight is 263 g/mol. The number of hydrogen-bond acceptors (Lipinski definition) is 6. The molecule has 1 heterocycles. The smallest absolute Gasteiger partial charge is 0.305 e. The van der Waals surface area contributed by atoms with Crippen molar-refractivity contribution in [3.8, 4) is 6.07 Å². The van der Waals surface area contributed by atoms with Gasteiger partial charge in [-0.1, -0.05) is 0 Å². The first-order valence-electron chi connectivity index (χ1n) is 5.59. The standard InChI is InChI=1S/C11H13N5O3/c1-3-13-11(17)7(2)14-10-5-4-9(16(18)19)8(6-12)15-10/h4-5,7H,3H2,1-2H3,(H,13,17)(H,14,15). The lowest BCUT2D eigenvalue weighted by Crippen LogP contribution is -2.37. The minimum absolute atomic E-state index is 0.221. The van der Waals surface area contributed by atoms with Gasteiger partial charge in [0.2, 0.25) is 11.6 Å². The van der Waals surface area contributed by atoms with E-state index in [4.69, 9.17) is 5.26 Å². The van der Waals surface area contributed by atoms with Gasteiger partial charge in [0.05, 0.1) is 4.92 Å². The summed E-state index contributed by atoms with van der Waals surface area (Å²) in [6.45, 7) is 3.92. The van der Waals surface area contributed by atoms with E-state index in [1.54, 1.807) is 19.9 Å². The van der Waals surface area contributed by atoms with Crippen LogP contribution < -0.4 is 10.6 Å².